The largest absolute Gasteiger partial charge is 0.309 e. The smallest absolute Gasteiger partial charge is 0.285 e. The van der Waals surface area contributed by atoms with Crippen molar-refractivity contribution in [3.63, 3.8) is 0 Å². The molecule has 72 valence electrons. The van der Waals surface area contributed by atoms with Crippen molar-refractivity contribution in [3.8, 4) is 0 Å². The zero-order valence-corrected chi connectivity index (χ0v) is 8.37. The zero-order chi connectivity index (χ0) is 9.97. The summed E-state index contributed by atoms with van der Waals surface area (Å²) in [6.45, 7) is 0.452. The van der Waals surface area contributed by atoms with E-state index in [-0.39, 0.29) is 5.78 Å². The monoisotopic (exact) mass is 208 g/mol. The Kier molecular flexibility index (Phi) is 2.63. The predicted molar refractivity (Wildman–Crippen MR) is 55.5 cm³/mol. The molecule has 1 aromatic carbocycles. The van der Waals surface area contributed by atoms with Gasteiger partial charge in [0.1, 0.15) is 0 Å². The topological polar surface area (TPSA) is 37.1 Å². The van der Waals surface area contributed by atoms with E-state index < -0.39 is 5.37 Å². The fourth-order valence-corrected chi connectivity index (χ4v) is 2.47. The van der Waals surface area contributed by atoms with Crippen molar-refractivity contribution in [1.82, 2.24) is 0 Å². The number of nitrogens with zero attached hydrogens (tertiary/aromatic N) is 1. The van der Waals surface area contributed by atoms with E-state index in [0.29, 0.717) is 12.1 Å². The molecule has 2 rings (SSSR count). The molecule has 1 aromatic rings. The number of ketones is 1. The van der Waals surface area contributed by atoms with Crippen LogP contribution in [0.3, 0.4) is 0 Å². The molecule has 1 aliphatic heterocycles. The summed E-state index contributed by atoms with van der Waals surface area (Å²) in [6, 6.07) is 8.96. The van der Waals surface area contributed by atoms with Gasteiger partial charge in [-0.15, -0.1) is 0 Å². The highest BCUT2D eigenvalue weighted by Gasteiger charge is 2.39. The number of hydrogen-bond donors (Lipinski definition) is 0. The van der Waals surface area contributed by atoms with Gasteiger partial charge in [0.15, 0.2) is 0 Å². The number of nitroso groups, excluding NO2 is 1. The summed E-state index contributed by atoms with van der Waals surface area (Å²) < 4.78 is 0.861. The number of hydrogen-bond acceptors (Lipinski definition) is 3. The Balaban J connectivity index is 2.20. The summed E-state index contributed by atoms with van der Waals surface area (Å²) in [5.41, 5.74) is 0.618. The average molecular weight is 208 g/mol. The lowest BCUT2D eigenvalue weighted by molar-refractivity contribution is -0.537. The third-order valence-electron chi connectivity index (χ3n) is 2.13. The standard InChI is InChI=1S/C10H10NO2S/c12-9(8-4-2-1-3-5-8)10-11(13)6-7-14-10/h1-5,10H,6-7H2/q+1. The fourth-order valence-electron chi connectivity index (χ4n) is 1.41. The lowest BCUT2D eigenvalue weighted by Crippen LogP contribution is -2.24. The summed E-state index contributed by atoms with van der Waals surface area (Å²) in [4.78, 5) is 23.1. The Labute approximate surface area is 86.1 Å². The van der Waals surface area contributed by atoms with Crippen LogP contribution in [-0.4, -0.2) is 28.2 Å². The number of Topliss-reactive ketones (excluding diaryl/α,β-unsaturated/α-hetero) is 1. The second kappa shape index (κ2) is 3.92. The van der Waals surface area contributed by atoms with Gasteiger partial charge in [-0.2, -0.15) is 0 Å². The highest BCUT2D eigenvalue weighted by Crippen LogP contribution is 2.22. The van der Waals surface area contributed by atoms with E-state index in [2.05, 4.69) is 0 Å². The quantitative estimate of drug-likeness (QED) is 0.548. The number of carbonyl (C=O) groups is 1. The molecule has 1 aliphatic rings. The lowest BCUT2D eigenvalue weighted by Gasteiger charge is -1.99. The molecular formula is C10H10NO2S+. The SMILES string of the molecule is O=C(c1ccccc1)C1SCC[N+]1=O. The van der Waals surface area contributed by atoms with Crippen LogP contribution in [0.15, 0.2) is 30.3 Å². The second-order valence-corrected chi connectivity index (χ2v) is 4.28. The Morgan fingerprint density at radius 1 is 1.36 bits per heavy atom. The molecule has 1 fully saturated rings. The van der Waals surface area contributed by atoms with Crippen molar-refractivity contribution in [1.29, 1.82) is 0 Å². The maximum absolute atomic E-state index is 11.8. The number of benzene rings is 1. The van der Waals surface area contributed by atoms with Gasteiger partial charge >= 0.3 is 5.37 Å². The minimum absolute atomic E-state index is 0.0805. The third kappa shape index (κ3) is 1.70. The van der Waals surface area contributed by atoms with E-state index in [4.69, 9.17) is 0 Å². The molecule has 0 saturated carbocycles. The van der Waals surface area contributed by atoms with Crippen molar-refractivity contribution in [2.24, 2.45) is 0 Å². The predicted octanol–water partition coefficient (Wildman–Crippen LogP) is 1.72. The minimum atomic E-state index is -0.530. The van der Waals surface area contributed by atoms with Crippen molar-refractivity contribution < 1.29 is 9.55 Å². The molecule has 0 bridgehead atoms. The van der Waals surface area contributed by atoms with E-state index in [9.17, 15) is 9.70 Å². The Morgan fingerprint density at radius 3 is 2.64 bits per heavy atom. The van der Waals surface area contributed by atoms with Crippen LogP contribution in [0.25, 0.3) is 0 Å². The van der Waals surface area contributed by atoms with E-state index in [1.165, 1.54) is 11.8 Å². The molecule has 0 aliphatic carbocycles. The van der Waals surface area contributed by atoms with Gasteiger partial charge in [-0.25, -0.2) is 0 Å². The molecule has 4 heteroatoms. The molecule has 0 amide bonds. The van der Waals surface area contributed by atoms with Gasteiger partial charge in [0.05, 0.1) is 5.75 Å². The molecule has 1 atom stereocenters. The Morgan fingerprint density at radius 2 is 2.07 bits per heavy atom. The first kappa shape index (κ1) is 9.40. The second-order valence-electron chi connectivity index (χ2n) is 3.09. The van der Waals surface area contributed by atoms with Gasteiger partial charge in [-0.3, -0.25) is 4.79 Å². The van der Waals surface area contributed by atoms with E-state index in [1.807, 2.05) is 18.2 Å². The number of thioether (sulfide) groups is 1. The van der Waals surface area contributed by atoms with Crippen LogP contribution in [0.1, 0.15) is 10.4 Å². The molecule has 1 unspecified atom stereocenters. The molecule has 0 aromatic heterocycles. The number of rotatable bonds is 2. The highest BCUT2D eigenvalue weighted by atomic mass is 32.2. The van der Waals surface area contributed by atoms with Crippen molar-refractivity contribution in [2.75, 3.05) is 12.3 Å². The van der Waals surface area contributed by atoms with Crippen molar-refractivity contribution in [3.05, 3.63) is 40.8 Å². The summed E-state index contributed by atoms with van der Waals surface area (Å²) in [5.74, 6) is 0.662. The Hall–Kier alpha value is -1.16. The summed E-state index contributed by atoms with van der Waals surface area (Å²) in [5, 5.41) is -0.530. The minimum Gasteiger partial charge on any atom is -0.285 e. The molecule has 14 heavy (non-hydrogen) atoms. The molecule has 0 radical (unpaired) electrons. The first-order chi connectivity index (χ1) is 6.79. The molecule has 3 nitrogen and oxygen atoms in total. The van der Waals surface area contributed by atoms with E-state index in [1.54, 1.807) is 12.1 Å². The zero-order valence-electron chi connectivity index (χ0n) is 7.55. The molecule has 1 heterocycles. The van der Waals surface area contributed by atoms with E-state index in [0.717, 1.165) is 10.5 Å². The van der Waals surface area contributed by atoms with Crippen molar-refractivity contribution in [2.45, 2.75) is 5.37 Å². The first-order valence-electron chi connectivity index (χ1n) is 4.43. The maximum atomic E-state index is 11.8. The molecule has 1 saturated heterocycles. The fraction of sp³-hybridized carbons (Fsp3) is 0.300. The summed E-state index contributed by atoms with van der Waals surface area (Å²) >= 11 is 1.42. The molecular weight excluding hydrogens is 198 g/mol. The van der Waals surface area contributed by atoms with Crippen LogP contribution in [0, 0.1) is 4.91 Å². The van der Waals surface area contributed by atoms with Gasteiger partial charge in [-0.05, 0) is 0 Å². The van der Waals surface area contributed by atoms with Crippen LogP contribution >= 0.6 is 11.8 Å². The normalized spacial score (nSPS) is 21.1. The summed E-state index contributed by atoms with van der Waals surface area (Å²) in [6.07, 6.45) is 0. The molecule has 0 N–H and O–H groups in total. The van der Waals surface area contributed by atoms with Gasteiger partial charge in [0, 0.05) is 15.2 Å². The van der Waals surface area contributed by atoms with Gasteiger partial charge < -0.3 is 0 Å². The van der Waals surface area contributed by atoms with Gasteiger partial charge in [0.25, 0.3) is 0 Å². The van der Waals surface area contributed by atoms with Crippen LogP contribution < -0.4 is 0 Å². The van der Waals surface area contributed by atoms with Crippen LogP contribution in [0.2, 0.25) is 0 Å². The van der Waals surface area contributed by atoms with Crippen LogP contribution in [-0.2, 0) is 0 Å². The Bertz CT molecular complexity index is 364. The lowest BCUT2D eigenvalue weighted by atomic mass is 10.1. The summed E-state index contributed by atoms with van der Waals surface area (Å²) in [7, 11) is 0. The van der Waals surface area contributed by atoms with E-state index >= 15 is 0 Å². The highest BCUT2D eigenvalue weighted by molar-refractivity contribution is 8.00. The van der Waals surface area contributed by atoms with Crippen LogP contribution in [0.4, 0.5) is 0 Å². The maximum Gasteiger partial charge on any atom is 0.309 e. The average Bonchev–Trinajstić information content (AvgIpc) is 2.65. The van der Waals surface area contributed by atoms with Gasteiger partial charge in [0.2, 0.25) is 12.3 Å². The molecule has 0 spiro atoms. The van der Waals surface area contributed by atoms with Gasteiger partial charge in [-0.1, -0.05) is 42.1 Å². The van der Waals surface area contributed by atoms with Crippen molar-refractivity contribution >= 4 is 17.5 Å². The number of carbonyl (C=O) groups excluding carboxylic acids is 1. The van der Waals surface area contributed by atoms with Crippen LogP contribution in [0.5, 0.6) is 0 Å². The third-order valence-corrected chi connectivity index (χ3v) is 3.31. The first-order valence-corrected chi connectivity index (χ1v) is 5.48.